The number of ether oxygens (including phenoxy) is 4. The molecule has 0 spiro atoms. The van der Waals surface area contributed by atoms with Crippen LogP contribution in [0.15, 0.2) is 126 Å². The molecule has 0 amide bonds. The first-order valence-electron chi connectivity index (χ1n) is 15.9. The summed E-state index contributed by atoms with van der Waals surface area (Å²) in [5, 5.41) is 3.45. The zero-order valence-corrected chi connectivity index (χ0v) is 27.0. The molecule has 2 aliphatic rings. The van der Waals surface area contributed by atoms with E-state index in [1.54, 1.807) is 14.2 Å². The smallest absolute Gasteiger partial charge is 0.336 e. The van der Waals surface area contributed by atoms with Crippen LogP contribution in [0.3, 0.4) is 0 Å². The highest BCUT2D eigenvalue weighted by Crippen LogP contribution is 2.47. The zero-order chi connectivity index (χ0) is 32.8. The second kappa shape index (κ2) is 14.4. The third kappa shape index (κ3) is 7.09. The molecule has 0 fully saturated rings. The first-order chi connectivity index (χ1) is 22.9. The van der Waals surface area contributed by atoms with E-state index in [-0.39, 0.29) is 18.3 Å². The summed E-state index contributed by atoms with van der Waals surface area (Å²) in [5.41, 5.74) is 6.46. The van der Waals surface area contributed by atoms with Crippen molar-refractivity contribution in [3.63, 3.8) is 0 Å². The molecule has 0 saturated carbocycles. The molecule has 4 aromatic carbocycles. The second-order valence-corrected chi connectivity index (χ2v) is 11.8. The molecule has 6 rings (SSSR count). The molecule has 1 aliphatic heterocycles. The van der Waals surface area contributed by atoms with Gasteiger partial charge >= 0.3 is 5.97 Å². The van der Waals surface area contributed by atoms with Crippen LogP contribution >= 0.6 is 0 Å². The van der Waals surface area contributed by atoms with Crippen molar-refractivity contribution in [3.8, 4) is 17.2 Å². The van der Waals surface area contributed by atoms with E-state index in [4.69, 9.17) is 18.9 Å². The third-order valence-corrected chi connectivity index (χ3v) is 8.83. The van der Waals surface area contributed by atoms with E-state index in [0.29, 0.717) is 60.0 Å². The van der Waals surface area contributed by atoms with Crippen LogP contribution in [0.4, 0.5) is 0 Å². The minimum atomic E-state index is -0.602. The Morgan fingerprint density at radius 2 is 1.51 bits per heavy atom. The van der Waals surface area contributed by atoms with Gasteiger partial charge in [0.2, 0.25) is 0 Å². The minimum absolute atomic E-state index is 0.0128. The number of hydrogen-bond acceptors (Lipinski definition) is 7. The summed E-state index contributed by atoms with van der Waals surface area (Å²) in [4.78, 5) is 28.0. The van der Waals surface area contributed by atoms with Gasteiger partial charge in [0.15, 0.2) is 17.3 Å². The molecule has 240 valence electrons. The Labute approximate surface area is 275 Å². The molecular formula is C40H39NO6. The van der Waals surface area contributed by atoms with Crippen LogP contribution in [0.25, 0.3) is 0 Å². The van der Waals surface area contributed by atoms with Gasteiger partial charge in [-0.15, -0.1) is 0 Å². The van der Waals surface area contributed by atoms with Gasteiger partial charge in [-0.1, -0.05) is 78.9 Å². The first kappa shape index (κ1) is 31.7. The zero-order valence-electron chi connectivity index (χ0n) is 27.0. The first-order valence-corrected chi connectivity index (χ1v) is 15.9. The average molecular weight is 630 g/mol. The molecule has 0 aromatic heterocycles. The van der Waals surface area contributed by atoms with Gasteiger partial charge in [0.1, 0.15) is 12.4 Å². The van der Waals surface area contributed by atoms with Crippen LogP contribution in [0.5, 0.6) is 17.2 Å². The van der Waals surface area contributed by atoms with Gasteiger partial charge in [-0.25, -0.2) is 4.79 Å². The Morgan fingerprint density at radius 1 is 0.787 bits per heavy atom. The van der Waals surface area contributed by atoms with Gasteiger partial charge in [0.05, 0.1) is 26.4 Å². The number of benzene rings is 4. The molecule has 1 aliphatic carbocycles. The van der Waals surface area contributed by atoms with Gasteiger partial charge in [-0.3, -0.25) is 4.79 Å². The van der Waals surface area contributed by atoms with Crippen molar-refractivity contribution in [2.75, 3.05) is 20.8 Å². The van der Waals surface area contributed by atoms with Crippen molar-refractivity contribution >= 4 is 11.8 Å². The molecule has 4 aromatic rings. The molecule has 7 nitrogen and oxygen atoms in total. The number of carbonyl (C=O) groups excluding carboxylic acids is 2. The highest BCUT2D eigenvalue weighted by atomic mass is 16.5. The highest BCUT2D eigenvalue weighted by Gasteiger charge is 2.41. The molecular weight excluding hydrogens is 590 g/mol. The molecule has 7 heteroatoms. The average Bonchev–Trinajstić information content (AvgIpc) is 3.10. The second-order valence-electron chi connectivity index (χ2n) is 11.8. The summed E-state index contributed by atoms with van der Waals surface area (Å²) in [6.45, 7) is 2.51. The quantitative estimate of drug-likeness (QED) is 0.173. The third-order valence-electron chi connectivity index (χ3n) is 8.83. The maximum Gasteiger partial charge on any atom is 0.336 e. The largest absolute Gasteiger partial charge is 0.493 e. The topological polar surface area (TPSA) is 83.1 Å². The Kier molecular flexibility index (Phi) is 9.72. The lowest BCUT2D eigenvalue weighted by atomic mass is 9.71. The molecule has 2 atom stereocenters. The lowest BCUT2D eigenvalue weighted by molar-refractivity contribution is -0.139. The van der Waals surface area contributed by atoms with Gasteiger partial charge in [0, 0.05) is 35.7 Å². The number of carbonyl (C=O) groups is 2. The SMILES string of the molecule is COc1ccc([C@H]2CC(=O)C3=C(C2)NC(C)=C(C(=O)OCCc2ccccc2)[C@@H]3c2cccc(OCc3ccccc3)c2)cc1OC. The fraction of sp³-hybridized carbons (Fsp3) is 0.250. The monoisotopic (exact) mass is 629 g/mol. The van der Waals surface area contributed by atoms with E-state index in [0.717, 1.165) is 28.0 Å². The van der Waals surface area contributed by atoms with Crippen LogP contribution in [0.1, 0.15) is 53.9 Å². The lowest BCUT2D eigenvalue weighted by Crippen LogP contribution is -2.36. The minimum Gasteiger partial charge on any atom is -0.493 e. The van der Waals surface area contributed by atoms with Crippen LogP contribution in [0.2, 0.25) is 0 Å². The summed E-state index contributed by atoms with van der Waals surface area (Å²) < 4.78 is 23.0. The number of Topliss-reactive ketones (excluding diaryl/α,β-unsaturated/α-hetero) is 1. The summed E-state index contributed by atoms with van der Waals surface area (Å²) in [5.74, 6) is 0.798. The van der Waals surface area contributed by atoms with Crippen molar-refractivity contribution in [2.45, 2.75) is 44.6 Å². The molecule has 0 radical (unpaired) electrons. The normalized spacial score (nSPS) is 17.5. The summed E-state index contributed by atoms with van der Waals surface area (Å²) in [6, 6.07) is 33.4. The van der Waals surface area contributed by atoms with Gasteiger partial charge in [-0.05, 0) is 65.8 Å². The number of methoxy groups -OCH3 is 2. The van der Waals surface area contributed by atoms with Crippen LogP contribution < -0.4 is 19.5 Å². The van der Waals surface area contributed by atoms with Crippen LogP contribution in [0, 0.1) is 0 Å². The summed E-state index contributed by atoms with van der Waals surface area (Å²) >= 11 is 0. The number of rotatable bonds is 11. The Morgan fingerprint density at radius 3 is 2.23 bits per heavy atom. The number of dihydropyridines is 1. The number of ketones is 1. The predicted molar refractivity (Wildman–Crippen MR) is 180 cm³/mol. The fourth-order valence-electron chi connectivity index (χ4n) is 6.49. The fourth-order valence-corrected chi connectivity index (χ4v) is 6.49. The maximum absolute atomic E-state index is 14.2. The number of hydrogen-bond donors (Lipinski definition) is 1. The Hall–Kier alpha value is -5.30. The molecule has 0 bridgehead atoms. The summed E-state index contributed by atoms with van der Waals surface area (Å²) in [6.07, 6.45) is 1.50. The molecule has 1 N–H and O–H groups in total. The standard InChI is InChI=1S/C40H39NO6/c1-26-37(40(43)46-20-19-27-11-6-4-7-12-27)38(30-15-10-16-32(21-30)47-25-28-13-8-5-9-14-28)39-33(41-26)22-31(23-34(39)42)29-17-18-35(44-2)36(24-29)45-3/h4-18,21,24,31,38,41H,19-20,22-23,25H2,1-3H3/t31-,38+/m1/s1. The van der Waals surface area contributed by atoms with Crippen LogP contribution in [-0.2, 0) is 27.4 Å². The summed E-state index contributed by atoms with van der Waals surface area (Å²) in [7, 11) is 3.21. The molecule has 1 heterocycles. The van der Waals surface area contributed by atoms with Gasteiger partial charge < -0.3 is 24.3 Å². The molecule has 0 saturated heterocycles. The van der Waals surface area contributed by atoms with E-state index in [9.17, 15) is 9.59 Å². The number of nitrogens with one attached hydrogen (secondary N) is 1. The van der Waals surface area contributed by atoms with Gasteiger partial charge in [-0.2, -0.15) is 0 Å². The number of allylic oxidation sites excluding steroid dienone is 3. The van der Waals surface area contributed by atoms with Crippen molar-refractivity contribution in [2.24, 2.45) is 0 Å². The van der Waals surface area contributed by atoms with Crippen molar-refractivity contribution in [1.82, 2.24) is 5.32 Å². The van der Waals surface area contributed by atoms with E-state index < -0.39 is 11.9 Å². The predicted octanol–water partition coefficient (Wildman–Crippen LogP) is 7.43. The molecule has 0 unspecified atom stereocenters. The van der Waals surface area contributed by atoms with E-state index in [1.807, 2.05) is 110 Å². The molecule has 47 heavy (non-hydrogen) atoms. The lowest BCUT2D eigenvalue weighted by Gasteiger charge is -2.37. The maximum atomic E-state index is 14.2. The van der Waals surface area contributed by atoms with Crippen molar-refractivity contribution in [1.29, 1.82) is 0 Å². The van der Waals surface area contributed by atoms with Gasteiger partial charge in [0.25, 0.3) is 0 Å². The highest BCUT2D eigenvalue weighted by molar-refractivity contribution is 6.04. The van der Waals surface area contributed by atoms with Crippen LogP contribution in [-0.4, -0.2) is 32.6 Å². The van der Waals surface area contributed by atoms with E-state index >= 15 is 0 Å². The number of esters is 1. The Bertz CT molecular complexity index is 1810. The van der Waals surface area contributed by atoms with Crippen molar-refractivity contribution < 1.29 is 28.5 Å². The van der Waals surface area contributed by atoms with Crippen molar-refractivity contribution in [3.05, 3.63) is 148 Å². The van der Waals surface area contributed by atoms with E-state index in [2.05, 4.69) is 5.32 Å². The van der Waals surface area contributed by atoms with E-state index in [1.165, 1.54) is 0 Å². The Balaban J connectivity index is 1.32.